The zero-order valence-electron chi connectivity index (χ0n) is 10.4. The van der Waals surface area contributed by atoms with E-state index in [1.165, 1.54) is 0 Å². The molecule has 0 unspecified atom stereocenters. The Morgan fingerprint density at radius 2 is 2.11 bits per heavy atom. The number of hydrogen-bond donors (Lipinski definition) is 2. The molecule has 18 heavy (non-hydrogen) atoms. The lowest BCUT2D eigenvalue weighted by atomic mass is 9.97. The van der Waals surface area contributed by atoms with E-state index in [0.717, 1.165) is 35.7 Å². The molecule has 4 heteroatoms. The summed E-state index contributed by atoms with van der Waals surface area (Å²) in [5.41, 5.74) is 6.68. The second-order valence-corrected chi connectivity index (χ2v) is 5.96. The maximum absolute atomic E-state index is 12.1. The van der Waals surface area contributed by atoms with Crippen LogP contribution in [0.4, 0.5) is 0 Å². The Labute approximate surface area is 116 Å². The highest BCUT2D eigenvalue weighted by Gasteiger charge is 2.33. The number of hydrogen-bond acceptors (Lipinski definition) is 2. The molecule has 0 heterocycles. The maximum atomic E-state index is 12.1. The summed E-state index contributed by atoms with van der Waals surface area (Å²) in [5.74, 6) is 0.0699. The third-order valence-electron chi connectivity index (χ3n) is 3.61. The first-order valence-corrected chi connectivity index (χ1v) is 7.18. The van der Waals surface area contributed by atoms with E-state index in [4.69, 9.17) is 5.73 Å². The second kappa shape index (κ2) is 5.85. The van der Waals surface area contributed by atoms with Crippen LogP contribution in [0, 0.1) is 0 Å². The number of nitrogens with one attached hydrogen (secondary N) is 1. The number of amides is 1. The minimum absolute atomic E-state index is 0.0699. The van der Waals surface area contributed by atoms with Crippen LogP contribution < -0.4 is 11.1 Å². The number of benzene rings is 1. The van der Waals surface area contributed by atoms with Crippen molar-refractivity contribution in [2.45, 2.75) is 37.6 Å². The van der Waals surface area contributed by atoms with Crippen LogP contribution >= 0.6 is 15.9 Å². The summed E-state index contributed by atoms with van der Waals surface area (Å²) in [7, 11) is 0. The first-order valence-electron chi connectivity index (χ1n) is 6.39. The van der Waals surface area contributed by atoms with Crippen molar-refractivity contribution in [1.82, 2.24) is 5.32 Å². The van der Waals surface area contributed by atoms with Crippen LogP contribution in [0.15, 0.2) is 28.7 Å². The van der Waals surface area contributed by atoms with Crippen LogP contribution in [0.25, 0.3) is 0 Å². The van der Waals surface area contributed by atoms with Gasteiger partial charge < -0.3 is 11.1 Å². The summed E-state index contributed by atoms with van der Waals surface area (Å²) < 4.78 is 1.00. The van der Waals surface area contributed by atoms with E-state index in [9.17, 15) is 4.79 Å². The Kier molecular flexibility index (Phi) is 4.40. The largest absolute Gasteiger partial charge is 0.349 e. The Hall–Kier alpha value is -0.870. The molecular weight excluding hydrogens is 292 g/mol. The Morgan fingerprint density at radius 3 is 2.72 bits per heavy atom. The number of nitrogens with two attached hydrogens (primary N) is 1. The average molecular weight is 311 g/mol. The van der Waals surface area contributed by atoms with E-state index in [0.29, 0.717) is 13.0 Å². The van der Waals surface area contributed by atoms with Gasteiger partial charge in [-0.3, -0.25) is 4.79 Å². The minimum Gasteiger partial charge on any atom is -0.349 e. The van der Waals surface area contributed by atoms with Gasteiger partial charge in [-0.1, -0.05) is 40.9 Å². The summed E-state index contributed by atoms with van der Waals surface area (Å²) in [6.07, 6.45) is 4.76. The molecule has 0 bridgehead atoms. The lowest BCUT2D eigenvalue weighted by Gasteiger charge is -2.28. The van der Waals surface area contributed by atoms with Gasteiger partial charge in [-0.25, -0.2) is 0 Å². The average Bonchev–Trinajstić information content (AvgIpc) is 2.78. The summed E-state index contributed by atoms with van der Waals surface area (Å²) in [6, 6.07) is 7.85. The molecule has 0 atom stereocenters. The van der Waals surface area contributed by atoms with E-state index in [1.54, 1.807) is 0 Å². The molecule has 1 aromatic carbocycles. The zero-order valence-corrected chi connectivity index (χ0v) is 12.0. The van der Waals surface area contributed by atoms with Crippen molar-refractivity contribution >= 4 is 21.8 Å². The summed E-state index contributed by atoms with van der Waals surface area (Å²) in [6.45, 7) is 0.539. The molecule has 0 saturated heterocycles. The molecule has 2 rings (SSSR count). The molecule has 0 aromatic heterocycles. The van der Waals surface area contributed by atoms with Gasteiger partial charge in [0, 0.05) is 11.0 Å². The van der Waals surface area contributed by atoms with Crippen LogP contribution in [0.3, 0.4) is 0 Å². The smallest absolute Gasteiger partial charge is 0.224 e. The summed E-state index contributed by atoms with van der Waals surface area (Å²) >= 11 is 3.41. The van der Waals surface area contributed by atoms with Crippen molar-refractivity contribution < 1.29 is 4.79 Å². The third-order valence-corrected chi connectivity index (χ3v) is 4.10. The third kappa shape index (κ3) is 3.33. The van der Waals surface area contributed by atoms with E-state index in [-0.39, 0.29) is 11.4 Å². The Balaban J connectivity index is 1.96. The first kappa shape index (κ1) is 13.6. The van der Waals surface area contributed by atoms with Gasteiger partial charge >= 0.3 is 0 Å². The fourth-order valence-corrected chi connectivity index (χ4v) is 3.05. The van der Waals surface area contributed by atoms with Crippen molar-refractivity contribution in [2.75, 3.05) is 6.54 Å². The molecule has 3 N–H and O–H groups in total. The molecule has 1 amide bonds. The lowest BCUT2D eigenvalue weighted by Crippen LogP contribution is -2.52. The van der Waals surface area contributed by atoms with Gasteiger partial charge in [0.15, 0.2) is 0 Å². The SMILES string of the molecule is NCC1(NC(=O)Cc2cccc(Br)c2)CCCC1. The minimum atomic E-state index is -0.150. The number of halogens is 1. The van der Waals surface area contributed by atoms with Gasteiger partial charge in [0.05, 0.1) is 12.0 Å². The Bertz CT molecular complexity index is 428. The maximum Gasteiger partial charge on any atom is 0.224 e. The molecule has 1 saturated carbocycles. The van der Waals surface area contributed by atoms with E-state index in [2.05, 4.69) is 21.2 Å². The highest BCUT2D eigenvalue weighted by Crippen LogP contribution is 2.28. The molecule has 3 nitrogen and oxygen atoms in total. The van der Waals surface area contributed by atoms with E-state index in [1.807, 2.05) is 24.3 Å². The van der Waals surface area contributed by atoms with Crippen LogP contribution in [-0.2, 0) is 11.2 Å². The van der Waals surface area contributed by atoms with Gasteiger partial charge in [-0.05, 0) is 30.5 Å². The van der Waals surface area contributed by atoms with E-state index < -0.39 is 0 Å². The normalized spacial score (nSPS) is 17.7. The molecule has 0 spiro atoms. The van der Waals surface area contributed by atoms with Crippen LogP contribution in [0.1, 0.15) is 31.2 Å². The lowest BCUT2D eigenvalue weighted by molar-refractivity contribution is -0.122. The molecule has 1 fully saturated rings. The zero-order chi connectivity index (χ0) is 13.0. The van der Waals surface area contributed by atoms with Crippen molar-refractivity contribution in [1.29, 1.82) is 0 Å². The van der Waals surface area contributed by atoms with Gasteiger partial charge in [-0.2, -0.15) is 0 Å². The topological polar surface area (TPSA) is 55.1 Å². The van der Waals surface area contributed by atoms with Gasteiger partial charge in [0.1, 0.15) is 0 Å². The monoisotopic (exact) mass is 310 g/mol. The van der Waals surface area contributed by atoms with Gasteiger partial charge in [0.2, 0.25) is 5.91 Å². The predicted octanol–water partition coefficient (Wildman–Crippen LogP) is 2.38. The fourth-order valence-electron chi connectivity index (χ4n) is 2.60. The van der Waals surface area contributed by atoms with E-state index >= 15 is 0 Å². The van der Waals surface area contributed by atoms with Gasteiger partial charge in [-0.15, -0.1) is 0 Å². The quantitative estimate of drug-likeness (QED) is 0.897. The first-order chi connectivity index (χ1) is 8.63. The highest BCUT2D eigenvalue weighted by atomic mass is 79.9. The molecule has 0 aliphatic heterocycles. The predicted molar refractivity (Wildman–Crippen MR) is 76.2 cm³/mol. The molecule has 1 aliphatic carbocycles. The standard InChI is InChI=1S/C14H19BrN2O/c15-12-5-3-4-11(8-12)9-13(18)17-14(10-16)6-1-2-7-14/h3-5,8H,1-2,6-7,9-10,16H2,(H,17,18). The van der Waals surface area contributed by atoms with Crippen LogP contribution in [0.2, 0.25) is 0 Å². The van der Waals surface area contributed by atoms with Crippen LogP contribution in [0.5, 0.6) is 0 Å². The number of rotatable bonds is 4. The summed E-state index contributed by atoms with van der Waals surface area (Å²) in [4.78, 5) is 12.1. The van der Waals surface area contributed by atoms with Crippen molar-refractivity contribution in [3.05, 3.63) is 34.3 Å². The molecule has 0 radical (unpaired) electrons. The molecule has 1 aliphatic rings. The fraction of sp³-hybridized carbons (Fsp3) is 0.500. The van der Waals surface area contributed by atoms with Crippen LogP contribution in [-0.4, -0.2) is 18.0 Å². The highest BCUT2D eigenvalue weighted by molar-refractivity contribution is 9.10. The Morgan fingerprint density at radius 1 is 1.39 bits per heavy atom. The van der Waals surface area contributed by atoms with Crippen molar-refractivity contribution in [3.8, 4) is 0 Å². The van der Waals surface area contributed by atoms with Crippen molar-refractivity contribution in [3.63, 3.8) is 0 Å². The molecule has 98 valence electrons. The second-order valence-electron chi connectivity index (χ2n) is 5.05. The summed E-state index contributed by atoms with van der Waals surface area (Å²) in [5, 5.41) is 3.13. The number of carbonyl (C=O) groups is 1. The molecular formula is C14H19BrN2O. The van der Waals surface area contributed by atoms with Gasteiger partial charge in [0.25, 0.3) is 0 Å². The number of carbonyl (C=O) groups excluding carboxylic acids is 1. The molecule has 1 aromatic rings. The van der Waals surface area contributed by atoms with Crippen molar-refractivity contribution in [2.24, 2.45) is 5.73 Å².